The molecule has 2 atom stereocenters. The third-order valence-electron chi connectivity index (χ3n) is 9.76. The van der Waals surface area contributed by atoms with Crippen LogP contribution in [0.25, 0.3) is 0 Å². The van der Waals surface area contributed by atoms with E-state index >= 15 is 0 Å². The zero-order valence-corrected chi connectivity index (χ0v) is 33.5. The van der Waals surface area contributed by atoms with Crippen LogP contribution in [-0.4, -0.2) is 43.0 Å². The fourth-order valence-electron chi connectivity index (χ4n) is 5.75. The monoisotopic (exact) mass is 698 g/mol. The second-order valence-corrected chi connectivity index (χ2v) is 14.5. The second kappa shape index (κ2) is 35.5. The molecule has 0 N–H and O–H groups in total. The summed E-state index contributed by atoms with van der Waals surface area (Å²) >= 11 is 0. The summed E-state index contributed by atoms with van der Waals surface area (Å²) in [6, 6.07) is 0. The smallest absolute Gasteiger partial charge is 0.310 e. The van der Waals surface area contributed by atoms with Gasteiger partial charge in [0, 0.05) is 26.7 Å². The van der Waals surface area contributed by atoms with Gasteiger partial charge in [0.05, 0.1) is 14.1 Å². The van der Waals surface area contributed by atoms with Gasteiger partial charge < -0.3 is 21.9 Å². The Morgan fingerprint density at radius 1 is 0.458 bits per heavy atom. The maximum Gasteiger partial charge on any atom is 0.310 e. The number of ether oxygens (including phenoxy) is 2. The number of hydrogen-bond acceptors (Lipinski definition) is 4. The van der Waals surface area contributed by atoms with E-state index in [0.717, 1.165) is 25.7 Å². The molecule has 5 nitrogen and oxygen atoms in total. The van der Waals surface area contributed by atoms with Crippen LogP contribution in [-0.2, 0) is 19.1 Å². The van der Waals surface area contributed by atoms with Crippen LogP contribution in [0.15, 0.2) is 24.3 Å². The Morgan fingerprint density at radius 2 is 0.708 bits per heavy atom. The van der Waals surface area contributed by atoms with Gasteiger partial charge >= 0.3 is 11.9 Å². The van der Waals surface area contributed by atoms with Gasteiger partial charge in [0.25, 0.3) is 0 Å². The third-order valence-corrected chi connectivity index (χ3v) is 9.76. The summed E-state index contributed by atoms with van der Waals surface area (Å²) in [5.41, 5.74) is 0. The average molecular weight is 699 g/mol. The Balaban J connectivity index is 0. The van der Waals surface area contributed by atoms with Crippen molar-refractivity contribution in [1.82, 2.24) is 0 Å². The summed E-state index contributed by atoms with van der Waals surface area (Å²) in [7, 11) is 3.92. The van der Waals surface area contributed by atoms with E-state index in [0.29, 0.717) is 17.3 Å². The van der Waals surface area contributed by atoms with Gasteiger partial charge in [0.2, 0.25) is 12.5 Å². The molecule has 0 aromatic heterocycles. The van der Waals surface area contributed by atoms with E-state index in [2.05, 4.69) is 38.2 Å². The van der Waals surface area contributed by atoms with E-state index in [9.17, 15) is 9.59 Å². The fraction of sp³-hybridized carbons (Fsp3) is 0.857. The molecule has 0 aliphatic carbocycles. The van der Waals surface area contributed by atoms with E-state index in [1.54, 1.807) is 0 Å². The SMILES string of the molecule is CCCCCCCCC=CCCCCCCCC(=O)OC(C)[N+](C)(C)C(C)OC(=O)CCCCCCCC=CCCCCCCCC.[Cl-]. The van der Waals surface area contributed by atoms with Crippen molar-refractivity contribution in [3.8, 4) is 0 Å². The average Bonchev–Trinajstić information content (AvgIpc) is 3.04. The molecule has 0 amide bonds. The number of rotatable bonds is 34. The van der Waals surface area contributed by atoms with Gasteiger partial charge in [-0.1, -0.05) is 141 Å². The maximum atomic E-state index is 12.5. The molecule has 0 heterocycles. The Morgan fingerprint density at radius 3 is 1.00 bits per heavy atom. The minimum atomic E-state index is -0.381. The normalized spacial score (nSPS) is 13.1. The minimum absolute atomic E-state index is 0. The lowest BCUT2D eigenvalue weighted by Crippen LogP contribution is -3.00. The number of unbranched alkanes of at least 4 members (excludes halogenated alkanes) is 22. The van der Waals surface area contributed by atoms with E-state index in [4.69, 9.17) is 9.47 Å². The molecule has 2 unspecified atom stereocenters. The van der Waals surface area contributed by atoms with Crippen molar-refractivity contribution in [3.63, 3.8) is 0 Å². The highest BCUT2D eigenvalue weighted by Crippen LogP contribution is 2.18. The zero-order chi connectivity index (χ0) is 34.9. The number of allylic oxidation sites excluding steroid dienone is 4. The van der Waals surface area contributed by atoms with E-state index < -0.39 is 0 Å². The van der Waals surface area contributed by atoms with Gasteiger partial charge in [-0.15, -0.1) is 0 Å². The summed E-state index contributed by atoms with van der Waals surface area (Å²) < 4.78 is 11.8. The van der Waals surface area contributed by atoms with Gasteiger partial charge in [-0.3, -0.25) is 14.1 Å². The third kappa shape index (κ3) is 30.7. The van der Waals surface area contributed by atoms with E-state index in [1.807, 2.05) is 27.9 Å². The molecular weight excluding hydrogens is 618 g/mol. The molecule has 0 aliphatic heterocycles. The number of quaternary nitrogens is 1. The predicted molar refractivity (Wildman–Crippen MR) is 202 cm³/mol. The Hall–Kier alpha value is -1.33. The van der Waals surface area contributed by atoms with Crippen LogP contribution in [0.1, 0.15) is 207 Å². The number of halogens is 1. The lowest BCUT2D eigenvalue weighted by atomic mass is 10.1. The maximum absolute atomic E-state index is 12.5. The minimum Gasteiger partial charge on any atom is -1.00 e. The van der Waals surface area contributed by atoms with Gasteiger partial charge in [-0.25, -0.2) is 0 Å². The van der Waals surface area contributed by atoms with Crippen LogP contribution in [0, 0.1) is 0 Å². The first-order chi connectivity index (χ1) is 22.8. The van der Waals surface area contributed by atoms with Gasteiger partial charge in [-0.05, 0) is 64.2 Å². The van der Waals surface area contributed by atoms with Crippen molar-refractivity contribution >= 4 is 11.9 Å². The van der Waals surface area contributed by atoms with Crippen LogP contribution in [0.2, 0.25) is 0 Å². The Kier molecular flexibility index (Phi) is 36.1. The molecule has 0 bridgehead atoms. The largest absolute Gasteiger partial charge is 1.00 e. The van der Waals surface area contributed by atoms with Crippen molar-refractivity contribution < 1.29 is 36.0 Å². The van der Waals surface area contributed by atoms with Crippen LogP contribution in [0.4, 0.5) is 0 Å². The van der Waals surface area contributed by atoms with Gasteiger partial charge in [-0.2, -0.15) is 0 Å². The molecule has 6 heteroatoms. The molecule has 0 radical (unpaired) electrons. The molecule has 0 aromatic carbocycles. The first-order valence-electron chi connectivity index (χ1n) is 20.3. The highest BCUT2D eigenvalue weighted by Gasteiger charge is 2.35. The molecule has 0 fully saturated rings. The number of nitrogens with zero attached hydrogens (tertiary/aromatic N) is 1. The van der Waals surface area contributed by atoms with Crippen molar-refractivity contribution in [3.05, 3.63) is 24.3 Å². The molecule has 48 heavy (non-hydrogen) atoms. The van der Waals surface area contributed by atoms with Crippen LogP contribution >= 0.6 is 0 Å². The van der Waals surface area contributed by atoms with Crippen molar-refractivity contribution in [2.75, 3.05) is 14.1 Å². The molecule has 0 aromatic rings. The molecule has 284 valence electrons. The van der Waals surface area contributed by atoms with Crippen LogP contribution < -0.4 is 12.4 Å². The highest BCUT2D eigenvalue weighted by molar-refractivity contribution is 5.69. The number of esters is 2. The number of carbonyl (C=O) groups excluding carboxylic acids is 2. The lowest BCUT2D eigenvalue weighted by Gasteiger charge is -2.39. The quantitative estimate of drug-likeness (QED) is 0.0221. The second-order valence-electron chi connectivity index (χ2n) is 14.5. The summed E-state index contributed by atoms with van der Waals surface area (Å²) in [6.07, 6.45) is 41.8. The highest BCUT2D eigenvalue weighted by atomic mass is 35.5. The van der Waals surface area contributed by atoms with Crippen molar-refractivity contribution in [2.24, 2.45) is 0 Å². The molecule has 0 aliphatic rings. The predicted octanol–water partition coefficient (Wildman–Crippen LogP) is 9.92. The van der Waals surface area contributed by atoms with Crippen LogP contribution in [0.5, 0.6) is 0 Å². The number of carbonyl (C=O) groups is 2. The zero-order valence-electron chi connectivity index (χ0n) is 32.7. The van der Waals surface area contributed by atoms with Crippen LogP contribution in [0.3, 0.4) is 0 Å². The first kappa shape index (κ1) is 48.8. The molecular formula is C42H80ClNO4. The first-order valence-corrected chi connectivity index (χ1v) is 20.3. The van der Waals surface area contributed by atoms with Crippen molar-refractivity contribution in [2.45, 2.75) is 220 Å². The molecule has 0 saturated carbocycles. The molecule has 0 rings (SSSR count). The molecule has 0 spiro atoms. The lowest BCUT2D eigenvalue weighted by molar-refractivity contribution is -0.971. The topological polar surface area (TPSA) is 52.6 Å². The number of hydrogen-bond donors (Lipinski definition) is 0. The Bertz CT molecular complexity index is 720. The van der Waals surface area contributed by atoms with Crippen molar-refractivity contribution in [1.29, 1.82) is 0 Å². The standard InChI is InChI=1S/C42H80NO4.ClH/c1-7-9-11-13-15-17-19-21-23-25-27-29-31-33-35-37-41(44)46-39(3)43(5,6)40(4)47-42(45)38-36-34-32-30-28-26-24-22-20-18-16-14-12-10-8-2;/h21-24,39-40H,7-20,25-38H2,1-6H3;1H/q+1;/p-1. The summed E-state index contributed by atoms with van der Waals surface area (Å²) in [5.74, 6) is -0.318. The fourth-order valence-corrected chi connectivity index (χ4v) is 5.75. The van der Waals surface area contributed by atoms with E-state index in [-0.39, 0.29) is 36.8 Å². The summed E-state index contributed by atoms with van der Waals surface area (Å²) in [6.45, 7) is 8.32. The van der Waals surface area contributed by atoms with Gasteiger partial charge in [0.15, 0.2) is 0 Å². The Labute approximate surface area is 305 Å². The summed E-state index contributed by atoms with van der Waals surface area (Å²) in [4.78, 5) is 25.0. The van der Waals surface area contributed by atoms with Gasteiger partial charge in [0.1, 0.15) is 0 Å². The van der Waals surface area contributed by atoms with E-state index in [1.165, 1.54) is 141 Å². The summed E-state index contributed by atoms with van der Waals surface area (Å²) in [5, 5.41) is 0. The molecule has 0 saturated heterocycles.